The highest BCUT2D eigenvalue weighted by molar-refractivity contribution is 5.20. The third kappa shape index (κ3) is 20.7. The van der Waals surface area contributed by atoms with E-state index in [0.717, 1.165) is 18.8 Å². The van der Waals surface area contributed by atoms with E-state index in [1.54, 1.807) is 0 Å². The van der Waals surface area contributed by atoms with Gasteiger partial charge in [-0.2, -0.15) is 0 Å². The van der Waals surface area contributed by atoms with Crippen LogP contribution in [0.4, 0.5) is 0 Å². The van der Waals surface area contributed by atoms with E-state index in [4.69, 9.17) is 33.2 Å². The van der Waals surface area contributed by atoms with Crippen LogP contribution in [0.25, 0.3) is 0 Å². The van der Waals surface area contributed by atoms with Crippen molar-refractivity contribution in [2.24, 2.45) is 0 Å². The van der Waals surface area contributed by atoms with Crippen molar-refractivity contribution in [2.75, 3.05) is 85.9 Å². The van der Waals surface area contributed by atoms with Gasteiger partial charge >= 0.3 is 0 Å². The minimum atomic E-state index is 0.533. The predicted octanol–water partition coefficient (Wildman–Crippen LogP) is 4.14. The first-order valence-corrected chi connectivity index (χ1v) is 12.1. The van der Waals surface area contributed by atoms with Crippen LogP contribution >= 0.6 is 0 Å². The number of hydrogen-bond donors (Lipinski definition) is 0. The highest BCUT2D eigenvalue weighted by atomic mass is 16.6. The lowest BCUT2D eigenvalue weighted by molar-refractivity contribution is -0.0179. The summed E-state index contributed by atoms with van der Waals surface area (Å²) in [6.45, 7) is 9.87. The molecule has 0 fully saturated rings. The van der Waals surface area contributed by atoms with Gasteiger partial charge in [-0.25, -0.2) is 0 Å². The van der Waals surface area contributed by atoms with Crippen LogP contribution in [0.1, 0.15) is 39.0 Å². The Morgan fingerprint density at radius 1 is 0.438 bits per heavy atom. The van der Waals surface area contributed by atoms with E-state index in [-0.39, 0.29) is 0 Å². The van der Waals surface area contributed by atoms with Crippen molar-refractivity contribution in [3.8, 4) is 5.75 Å². The molecule has 0 radical (unpaired) electrons. The molecule has 0 saturated heterocycles. The van der Waals surface area contributed by atoms with Gasteiger partial charge in [0.15, 0.2) is 0 Å². The van der Waals surface area contributed by atoms with Gasteiger partial charge < -0.3 is 33.2 Å². The van der Waals surface area contributed by atoms with E-state index in [1.165, 1.54) is 25.7 Å². The van der Waals surface area contributed by atoms with E-state index < -0.39 is 0 Å². The lowest BCUT2D eigenvalue weighted by Crippen LogP contribution is -2.14. The molecule has 186 valence electrons. The zero-order valence-electron chi connectivity index (χ0n) is 20.0. The molecule has 0 unspecified atom stereocenters. The average Bonchev–Trinajstić information content (AvgIpc) is 2.82. The smallest absolute Gasteiger partial charge is 0.119 e. The molecule has 1 rings (SSSR count). The summed E-state index contributed by atoms with van der Waals surface area (Å²) in [4.78, 5) is 0. The summed E-state index contributed by atoms with van der Waals surface area (Å²) in [5, 5.41) is 0. The number of hydrogen-bond acceptors (Lipinski definition) is 7. The number of rotatable bonds is 25. The van der Waals surface area contributed by atoms with Gasteiger partial charge in [0.25, 0.3) is 0 Å². The summed E-state index contributed by atoms with van der Waals surface area (Å²) in [7, 11) is 0. The molecule has 0 aliphatic rings. The van der Waals surface area contributed by atoms with Crippen molar-refractivity contribution >= 4 is 0 Å². The second-order valence-electron chi connectivity index (χ2n) is 7.25. The first kappa shape index (κ1) is 28.8. The Morgan fingerprint density at radius 2 is 0.844 bits per heavy atom. The van der Waals surface area contributed by atoms with Crippen molar-refractivity contribution in [3.05, 3.63) is 30.3 Å². The zero-order valence-corrected chi connectivity index (χ0v) is 20.0. The maximum atomic E-state index is 5.54. The molecule has 32 heavy (non-hydrogen) atoms. The Bertz CT molecular complexity index is 473. The Hall–Kier alpha value is -1.22. The summed E-state index contributed by atoms with van der Waals surface area (Å²) >= 11 is 0. The molecule has 0 heterocycles. The Balaban J connectivity index is 1.64. The normalized spacial score (nSPS) is 11.2. The van der Waals surface area contributed by atoms with Crippen molar-refractivity contribution in [1.29, 1.82) is 0 Å². The molecule has 0 bridgehead atoms. The summed E-state index contributed by atoms with van der Waals surface area (Å²) in [5.41, 5.74) is 0. The number of unbranched alkanes of at least 4 members (excludes halogenated alkanes) is 4. The summed E-state index contributed by atoms with van der Waals surface area (Å²) in [6.07, 6.45) is 6.32. The minimum absolute atomic E-state index is 0.533. The predicted molar refractivity (Wildman–Crippen MR) is 126 cm³/mol. The molecule has 0 atom stereocenters. The van der Waals surface area contributed by atoms with Crippen LogP contribution in [0.15, 0.2) is 30.3 Å². The van der Waals surface area contributed by atoms with Crippen LogP contribution in [0, 0.1) is 0 Å². The van der Waals surface area contributed by atoms with E-state index in [2.05, 4.69) is 6.92 Å². The number of para-hydroxylation sites is 1. The monoisotopic (exact) mass is 456 g/mol. The van der Waals surface area contributed by atoms with Crippen LogP contribution in [-0.2, 0) is 28.4 Å². The van der Waals surface area contributed by atoms with E-state index >= 15 is 0 Å². The minimum Gasteiger partial charge on any atom is -0.491 e. The Kier molecular flexibility index (Phi) is 22.0. The van der Waals surface area contributed by atoms with Crippen LogP contribution in [0.5, 0.6) is 5.75 Å². The van der Waals surface area contributed by atoms with Gasteiger partial charge in [0.2, 0.25) is 0 Å². The van der Waals surface area contributed by atoms with Crippen molar-refractivity contribution in [3.63, 3.8) is 0 Å². The van der Waals surface area contributed by atoms with Crippen molar-refractivity contribution < 1.29 is 33.2 Å². The van der Waals surface area contributed by atoms with E-state index in [0.29, 0.717) is 79.3 Å². The fourth-order valence-electron chi connectivity index (χ4n) is 2.74. The van der Waals surface area contributed by atoms with Crippen molar-refractivity contribution in [1.82, 2.24) is 0 Å². The molecular weight excluding hydrogens is 412 g/mol. The Labute approximate surface area is 194 Å². The fraction of sp³-hybridized carbons (Fsp3) is 0.760. The van der Waals surface area contributed by atoms with Gasteiger partial charge in [0.05, 0.1) is 72.7 Å². The van der Waals surface area contributed by atoms with E-state index in [9.17, 15) is 0 Å². The van der Waals surface area contributed by atoms with Crippen LogP contribution in [0.3, 0.4) is 0 Å². The second-order valence-corrected chi connectivity index (χ2v) is 7.25. The van der Waals surface area contributed by atoms with E-state index in [1.807, 2.05) is 30.3 Å². The van der Waals surface area contributed by atoms with Crippen molar-refractivity contribution in [2.45, 2.75) is 39.0 Å². The zero-order chi connectivity index (χ0) is 22.8. The van der Waals surface area contributed by atoms with Crippen LogP contribution in [0.2, 0.25) is 0 Å². The van der Waals surface area contributed by atoms with Gasteiger partial charge in [-0.15, -0.1) is 0 Å². The van der Waals surface area contributed by atoms with Gasteiger partial charge in [-0.3, -0.25) is 0 Å². The molecule has 7 nitrogen and oxygen atoms in total. The lowest BCUT2D eigenvalue weighted by Gasteiger charge is -2.09. The second kappa shape index (κ2) is 24.4. The maximum Gasteiger partial charge on any atom is 0.119 e. The number of ether oxygens (including phenoxy) is 7. The lowest BCUT2D eigenvalue weighted by atomic mass is 10.2. The number of benzene rings is 1. The quantitative estimate of drug-likeness (QED) is 0.205. The first-order chi connectivity index (χ1) is 15.9. The van der Waals surface area contributed by atoms with Crippen LogP contribution in [-0.4, -0.2) is 85.9 Å². The molecule has 0 aliphatic carbocycles. The molecule has 0 aliphatic heterocycles. The molecule has 1 aromatic rings. The molecule has 0 amide bonds. The van der Waals surface area contributed by atoms with Gasteiger partial charge in [0.1, 0.15) is 12.4 Å². The molecule has 1 aromatic carbocycles. The third-order valence-corrected chi connectivity index (χ3v) is 4.49. The topological polar surface area (TPSA) is 64.6 Å². The van der Waals surface area contributed by atoms with Gasteiger partial charge in [0, 0.05) is 6.61 Å². The average molecular weight is 457 g/mol. The highest BCUT2D eigenvalue weighted by Crippen LogP contribution is 2.07. The molecule has 0 saturated carbocycles. The molecule has 0 aromatic heterocycles. The maximum absolute atomic E-state index is 5.54. The largest absolute Gasteiger partial charge is 0.491 e. The SMILES string of the molecule is CCCCCCCOCCOCCOCCOCCOCCOCCOc1ccccc1. The summed E-state index contributed by atoms with van der Waals surface area (Å²) < 4.78 is 38.4. The fourth-order valence-corrected chi connectivity index (χ4v) is 2.74. The molecule has 7 heteroatoms. The Morgan fingerprint density at radius 3 is 1.31 bits per heavy atom. The molecule has 0 N–H and O–H groups in total. The summed E-state index contributed by atoms with van der Waals surface area (Å²) in [6, 6.07) is 9.71. The standard InChI is InChI=1S/C25H44O7/c1-2-3-4-5-9-12-26-13-14-27-15-16-28-17-18-29-19-20-30-21-22-31-23-24-32-25-10-7-6-8-11-25/h6-8,10-11H,2-5,9,12-24H2,1H3. The molecule has 0 spiro atoms. The first-order valence-electron chi connectivity index (χ1n) is 12.1. The van der Waals surface area contributed by atoms with Crippen LogP contribution < -0.4 is 4.74 Å². The summed E-state index contributed by atoms with van der Waals surface area (Å²) in [5.74, 6) is 0.856. The third-order valence-electron chi connectivity index (χ3n) is 4.49. The highest BCUT2D eigenvalue weighted by Gasteiger charge is 1.95. The van der Waals surface area contributed by atoms with Gasteiger partial charge in [-0.1, -0.05) is 50.8 Å². The molecular formula is C25H44O7. The van der Waals surface area contributed by atoms with Gasteiger partial charge in [-0.05, 0) is 18.6 Å².